The second kappa shape index (κ2) is 8.68. The number of aromatic nitrogens is 2. The zero-order valence-corrected chi connectivity index (χ0v) is 16.3. The van der Waals surface area contributed by atoms with E-state index >= 15 is 0 Å². The Morgan fingerprint density at radius 2 is 1.55 bits per heavy atom. The molecule has 1 aliphatic heterocycles. The van der Waals surface area contributed by atoms with Gasteiger partial charge in [0.05, 0.1) is 5.71 Å². The van der Waals surface area contributed by atoms with Crippen molar-refractivity contribution in [3.8, 4) is 0 Å². The molecule has 1 saturated heterocycles. The van der Waals surface area contributed by atoms with Crippen molar-refractivity contribution in [3.05, 3.63) is 78.1 Å². The standard InChI is InChI=1S/C22H23FN6/c1-17(18-7-9-19(23)10-8-18)24-25-21-11-12-22(27-26-21)29-15-13-28(14-16-29)20-5-3-2-4-6-20/h2-12H,13-16H2,1H3,(H,25,26)/b24-17-. The van der Waals surface area contributed by atoms with E-state index in [9.17, 15) is 4.39 Å². The summed E-state index contributed by atoms with van der Waals surface area (Å²) in [6.45, 7) is 5.56. The molecule has 6 nitrogen and oxygen atoms in total. The van der Waals surface area contributed by atoms with Gasteiger partial charge in [0.2, 0.25) is 0 Å². The summed E-state index contributed by atoms with van der Waals surface area (Å²) in [4.78, 5) is 4.62. The van der Waals surface area contributed by atoms with Gasteiger partial charge in [0.15, 0.2) is 11.6 Å². The van der Waals surface area contributed by atoms with Gasteiger partial charge >= 0.3 is 0 Å². The van der Waals surface area contributed by atoms with Crippen molar-refractivity contribution < 1.29 is 4.39 Å². The van der Waals surface area contributed by atoms with E-state index in [2.05, 4.69) is 54.8 Å². The molecule has 2 heterocycles. The van der Waals surface area contributed by atoms with Gasteiger partial charge in [-0.25, -0.2) is 4.39 Å². The van der Waals surface area contributed by atoms with Crippen LogP contribution in [0.3, 0.4) is 0 Å². The summed E-state index contributed by atoms with van der Waals surface area (Å²) >= 11 is 0. The molecule has 0 bridgehead atoms. The summed E-state index contributed by atoms with van der Waals surface area (Å²) in [5, 5.41) is 12.9. The van der Waals surface area contributed by atoms with Gasteiger partial charge in [-0.3, -0.25) is 5.43 Å². The highest BCUT2D eigenvalue weighted by molar-refractivity contribution is 5.98. The van der Waals surface area contributed by atoms with Crippen molar-refractivity contribution in [2.75, 3.05) is 41.4 Å². The minimum absolute atomic E-state index is 0.263. The Labute approximate surface area is 169 Å². The Balaban J connectivity index is 1.33. The van der Waals surface area contributed by atoms with Crippen LogP contribution in [0, 0.1) is 5.82 Å². The maximum absolute atomic E-state index is 13.0. The summed E-state index contributed by atoms with van der Waals surface area (Å²) in [5.74, 6) is 1.17. The predicted molar refractivity (Wildman–Crippen MR) is 115 cm³/mol. The Morgan fingerprint density at radius 1 is 0.862 bits per heavy atom. The third-order valence-electron chi connectivity index (χ3n) is 4.98. The lowest BCUT2D eigenvalue weighted by Crippen LogP contribution is -2.46. The highest BCUT2D eigenvalue weighted by atomic mass is 19.1. The third-order valence-corrected chi connectivity index (χ3v) is 4.98. The second-order valence-electron chi connectivity index (χ2n) is 6.90. The van der Waals surface area contributed by atoms with E-state index in [-0.39, 0.29) is 5.82 Å². The molecule has 4 rings (SSSR count). The number of anilines is 3. The lowest BCUT2D eigenvalue weighted by atomic mass is 10.1. The molecule has 0 unspecified atom stereocenters. The van der Waals surface area contributed by atoms with Crippen LogP contribution in [-0.4, -0.2) is 42.1 Å². The van der Waals surface area contributed by atoms with Crippen LogP contribution in [0.25, 0.3) is 0 Å². The number of hydrazone groups is 1. The fourth-order valence-electron chi connectivity index (χ4n) is 3.28. The quantitative estimate of drug-likeness (QED) is 0.531. The molecule has 148 valence electrons. The van der Waals surface area contributed by atoms with Crippen LogP contribution < -0.4 is 15.2 Å². The van der Waals surface area contributed by atoms with Crippen LogP contribution in [0.15, 0.2) is 71.8 Å². The van der Waals surface area contributed by atoms with Crippen molar-refractivity contribution in [1.82, 2.24) is 10.2 Å². The van der Waals surface area contributed by atoms with Crippen molar-refractivity contribution >= 4 is 23.0 Å². The molecule has 3 aromatic rings. The number of nitrogens with one attached hydrogen (secondary N) is 1. The molecule has 0 saturated carbocycles. The first-order chi connectivity index (χ1) is 14.2. The summed E-state index contributed by atoms with van der Waals surface area (Å²) in [5.41, 5.74) is 5.76. The van der Waals surface area contributed by atoms with Gasteiger partial charge in [-0.15, -0.1) is 10.2 Å². The number of rotatable bonds is 5. The van der Waals surface area contributed by atoms with E-state index < -0.39 is 0 Å². The van der Waals surface area contributed by atoms with E-state index in [1.54, 1.807) is 12.1 Å². The second-order valence-corrected chi connectivity index (χ2v) is 6.90. The van der Waals surface area contributed by atoms with Crippen LogP contribution in [0.4, 0.5) is 21.7 Å². The molecule has 1 aromatic heterocycles. The number of hydrogen-bond donors (Lipinski definition) is 1. The number of hydrogen-bond acceptors (Lipinski definition) is 6. The topological polar surface area (TPSA) is 56.7 Å². The highest BCUT2D eigenvalue weighted by Gasteiger charge is 2.18. The van der Waals surface area contributed by atoms with Crippen molar-refractivity contribution in [1.29, 1.82) is 0 Å². The Kier molecular flexibility index (Phi) is 5.65. The van der Waals surface area contributed by atoms with Gasteiger partial charge in [-0.05, 0) is 48.9 Å². The first-order valence-electron chi connectivity index (χ1n) is 9.64. The van der Waals surface area contributed by atoms with Gasteiger partial charge in [0, 0.05) is 31.9 Å². The monoisotopic (exact) mass is 390 g/mol. The molecular formula is C22H23FN6. The summed E-state index contributed by atoms with van der Waals surface area (Å²) in [6, 6.07) is 20.5. The van der Waals surface area contributed by atoms with E-state index in [0.717, 1.165) is 43.3 Å². The van der Waals surface area contributed by atoms with E-state index in [0.29, 0.717) is 5.82 Å². The zero-order valence-electron chi connectivity index (χ0n) is 16.3. The van der Waals surface area contributed by atoms with Crippen LogP contribution in [-0.2, 0) is 0 Å². The van der Waals surface area contributed by atoms with Crippen molar-refractivity contribution in [2.24, 2.45) is 5.10 Å². The van der Waals surface area contributed by atoms with Crippen molar-refractivity contribution in [3.63, 3.8) is 0 Å². The number of benzene rings is 2. The Morgan fingerprint density at radius 3 is 2.21 bits per heavy atom. The molecule has 29 heavy (non-hydrogen) atoms. The first-order valence-corrected chi connectivity index (χ1v) is 9.64. The van der Waals surface area contributed by atoms with Crippen LogP contribution in [0.1, 0.15) is 12.5 Å². The average molecular weight is 390 g/mol. The molecule has 0 aliphatic carbocycles. The fourth-order valence-corrected chi connectivity index (χ4v) is 3.28. The number of nitrogens with zero attached hydrogens (tertiary/aromatic N) is 5. The van der Waals surface area contributed by atoms with Crippen molar-refractivity contribution in [2.45, 2.75) is 6.92 Å². The van der Waals surface area contributed by atoms with Gasteiger partial charge in [-0.2, -0.15) is 5.10 Å². The predicted octanol–water partition coefficient (Wildman–Crippen LogP) is 3.78. The maximum atomic E-state index is 13.0. The highest BCUT2D eigenvalue weighted by Crippen LogP contribution is 2.19. The zero-order chi connectivity index (χ0) is 20.1. The fraction of sp³-hybridized carbons (Fsp3) is 0.227. The Bertz CT molecular complexity index is 949. The van der Waals surface area contributed by atoms with Crippen LogP contribution in [0.2, 0.25) is 0 Å². The number of halogens is 1. The number of piperazine rings is 1. The van der Waals surface area contributed by atoms with Gasteiger partial charge < -0.3 is 9.80 Å². The summed E-state index contributed by atoms with van der Waals surface area (Å²) in [6.07, 6.45) is 0. The minimum Gasteiger partial charge on any atom is -0.368 e. The average Bonchev–Trinajstić information content (AvgIpc) is 2.79. The van der Waals surface area contributed by atoms with Gasteiger partial charge in [0.1, 0.15) is 5.82 Å². The largest absolute Gasteiger partial charge is 0.368 e. The molecule has 7 heteroatoms. The summed E-state index contributed by atoms with van der Waals surface area (Å²) < 4.78 is 13.0. The smallest absolute Gasteiger partial charge is 0.168 e. The number of para-hydroxylation sites is 1. The van der Waals surface area contributed by atoms with Crippen LogP contribution in [0.5, 0.6) is 0 Å². The SMILES string of the molecule is C/C(=N/Nc1ccc(N2CCN(c3ccccc3)CC2)nn1)c1ccc(F)cc1. The molecule has 1 N–H and O–H groups in total. The molecular weight excluding hydrogens is 367 g/mol. The van der Waals surface area contributed by atoms with Crippen LogP contribution >= 0.6 is 0 Å². The summed E-state index contributed by atoms with van der Waals surface area (Å²) in [7, 11) is 0. The van der Waals surface area contributed by atoms with Gasteiger partial charge in [0.25, 0.3) is 0 Å². The normalized spacial score (nSPS) is 14.8. The molecule has 1 fully saturated rings. The molecule has 0 spiro atoms. The van der Waals surface area contributed by atoms with E-state index in [1.807, 2.05) is 25.1 Å². The lowest BCUT2D eigenvalue weighted by molar-refractivity contribution is 0.628. The molecule has 1 aliphatic rings. The first kappa shape index (κ1) is 18.9. The van der Waals surface area contributed by atoms with E-state index in [4.69, 9.17) is 0 Å². The molecule has 0 radical (unpaired) electrons. The van der Waals surface area contributed by atoms with Gasteiger partial charge in [-0.1, -0.05) is 30.3 Å². The maximum Gasteiger partial charge on any atom is 0.168 e. The molecule has 2 aromatic carbocycles. The molecule has 0 atom stereocenters. The Hall–Kier alpha value is -3.48. The lowest BCUT2D eigenvalue weighted by Gasteiger charge is -2.36. The van der Waals surface area contributed by atoms with E-state index in [1.165, 1.54) is 17.8 Å². The molecule has 0 amide bonds. The minimum atomic E-state index is -0.263. The third kappa shape index (κ3) is 4.68.